The third kappa shape index (κ3) is 48.4. The lowest BCUT2D eigenvalue weighted by Crippen LogP contribution is -2.30. The highest BCUT2D eigenvalue weighted by atomic mass is 16.6. The van der Waals surface area contributed by atoms with Gasteiger partial charge in [0.25, 0.3) is 0 Å². The van der Waals surface area contributed by atoms with Crippen molar-refractivity contribution >= 4 is 17.9 Å². The lowest BCUT2D eigenvalue weighted by molar-refractivity contribution is -0.167. The molecule has 6 nitrogen and oxygen atoms in total. The first-order valence-electron chi connectivity index (χ1n) is 26.7. The van der Waals surface area contributed by atoms with Crippen molar-refractivity contribution in [2.45, 2.75) is 277 Å². The topological polar surface area (TPSA) is 78.9 Å². The van der Waals surface area contributed by atoms with E-state index in [0.717, 1.165) is 89.9 Å². The van der Waals surface area contributed by atoms with E-state index in [0.29, 0.717) is 19.3 Å². The van der Waals surface area contributed by atoms with Crippen LogP contribution in [0.5, 0.6) is 0 Å². The molecule has 0 aliphatic heterocycles. The van der Waals surface area contributed by atoms with E-state index in [1.54, 1.807) is 0 Å². The molecule has 0 aromatic rings. The summed E-state index contributed by atoms with van der Waals surface area (Å²) in [5, 5.41) is 0. The van der Waals surface area contributed by atoms with Gasteiger partial charge in [-0.3, -0.25) is 14.4 Å². The second-order valence-electron chi connectivity index (χ2n) is 17.8. The van der Waals surface area contributed by atoms with E-state index in [9.17, 15) is 14.4 Å². The maximum absolute atomic E-state index is 12.8. The normalized spacial score (nSPS) is 12.4. The van der Waals surface area contributed by atoms with Crippen molar-refractivity contribution in [3.05, 3.63) is 48.6 Å². The number of allylic oxidation sites excluding steroid dienone is 8. The largest absolute Gasteiger partial charge is 0.462 e. The fraction of sp³-hybridized carbons (Fsp3) is 0.804. The molecule has 1 atom stereocenters. The van der Waals surface area contributed by atoms with Crippen LogP contribution in [0.2, 0.25) is 0 Å². The van der Waals surface area contributed by atoms with Crippen molar-refractivity contribution in [3.8, 4) is 0 Å². The number of hydrogen-bond acceptors (Lipinski definition) is 6. The number of rotatable bonds is 48. The third-order valence-corrected chi connectivity index (χ3v) is 11.6. The molecule has 62 heavy (non-hydrogen) atoms. The number of carbonyl (C=O) groups is 3. The number of hydrogen-bond donors (Lipinski definition) is 0. The molecule has 0 fully saturated rings. The molecule has 0 aliphatic carbocycles. The summed E-state index contributed by atoms with van der Waals surface area (Å²) in [6.07, 6.45) is 61.0. The van der Waals surface area contributed by atoms with Gasteiger partial charge in [0, 0.05) is 19.3 Å². The first kappa shape index (κ1) is 59.4. The highest BCUT2D eigenvalue weighted by Gasteiger charge is 2.19. The predicted molar refractivity (Wildman–Crippen MR) is 265 cm³/mol. The lowest BCUT2D eigenvalue weighted by atomic mass is 10.0. The fourth-order valence-corrected chi connectivity index (χ4v) is 7.61. The summed E-state index contributed by atoms with van der Waals surface area (Å²) in [4.78, 5) is 38.0. The SMILES string of the molecule is CC/C=C/C=C/C=C/CCCCCCCC(=O)OC(COC(=O)CCCCCCC/C=C/CCCCCCCCCCC)COC(=O)CCCCCCCCCCCCCCC. The lowest BCUT2D eigenvalue weighted by Gasteiger charge is -2.18. The number of ether oxygens (including phenoxy) is 3. The minimum absolute atomic E-state index is 0.0818. The first-order chi connectivity index (χ1) is 30.5. The monoisotopic (exact) mass is 869 g/mol. The summed E-state index contributed by atoms with van der Waals surface area (Å²) >= 11 is 0. The number of carbonyl (C=O) groups excluding carboxylic acids is 3. The number of unbranched alkanes of at least 4 members (excludes halogenated alkanes) is 31. The van der Waals surface area contributed by atoms with E-state index in [-0.39, 0.29) is 31.1 Å². The zero-order valence-corrected chi connectivity index (χ0v) is 41.1. The maximum Gasteiger partial charge on any atom is 0.306 e. The van der Waals surface area contributed by atoms with Gasteiger partial charge in [-0.1, -0.05) is 236 Å². The van der Waals surface area contributed by atoms with Gasteiger partial charge in [-0.15, -0.1) is 0 Å². The minimum Gasteiger partial charge on any atom is -0.462 e. The Hall–Kier alpha value is -2.63. The van der Waals surface area contributed by atoms with Crippen LogP contribution in [0.1, 0.15) is 271 Å². The Balaban J connectivity index is 4.36. The highest BCUT2D eigenvalue weighted by molar-refractivity contribution is 5.71. The molecule has 1 unspecified atom stereocenters. The highest BCUT2D eigenvalue weighted by Crippen LogP contribution is 2.15. The summed E-state index contributed by atoms with van der Waals surface area (Å²) in [5.74, 6) is -0.902. The maximum atomic E-state index is 12.8. The third-order valence-electron chi connectivity index (χ3n) is 11.6. The Kier molecular flexibility index (Phi) is 48.8. The van der Waals surface area contributed by atoms with E-state index in [4.69, 9.17) is 14.2 Å². The quantitative estimate of drug-likeness (QED) is 0.0199. The smallest absolute Gasteiger partial charge is 0.306 e. The van der Waals surface area contributed by atoms with E-state index >= 15 is 0 Å². The molecule has 0 aliphatic rings. The van der Waals surface area contributed by atoms with Crippen LogP contribution in [-0.4, -0.2) is 37.2 Å². The van der Waals surface area contributed by atoms with Crippen LogP contribution in [0.25, 0.3) is 0 Å². The molecule has 0 saturated carbocycles. The molecule has 0 N–H and O–H groups in total. The Labute approximate surface area is 384 Å². The second kappa shape index (κ2) is 51.0. The van der Waals surface area contributed by atoms with Crippen molar-refractivity contribution < 1.29 is 28.6 Å². The molecule has 0 spiro atoms. The van der Waals surface area contributed by atoms with E-state index < -0.39 is 6.10 Å². The molecule has 0 aromatic heterocycles. The van der Waals surface area contributed by atoms with E-state index in [1.165, 1.54) is 141 Å². The minimum atomic E-state index is -0.784. The average molecular weight is 869 g/mol. The van der Waals surface area contributed by atoms with Gasteiger partial charge in [-0.05, 0) is 64.2 Å². The van der Waals surface area contributed by atoms with Gasteiger partial charge >= 0.3 is 17.9 Å². The molecule has 360 valence electrons. The van der Waals surface area contributed by atoms with Crippen LogP contribution in [0.15, 0.2) is 48.6 Å². The van der Waals surface area contributed by atoms with Crippen LogP contribution in [0, 0.1) is 0 Å². The van der Waals surface area contributed by atoms with Crippen LogP contribution in [0.3, 0.4) is 0 Å². The molecule has 0 heterocycles. The summed E-state index contributed by atoms with van der Waals surface area (Å²) in [7, 11) is 0. The first-order valence-corrected chi connectivity index (χ1v) is 26.7. The standard InChI is InChI=1S/C56H100O6/c1-4-7-10-13-16-19-22-25-26-27-28-29-32-34-37-40-43-46-49-55(58)61-52-53(62-56(59)50-47-44-41-38-35-31-24-21-18-15-12-9-6-3)51-60-54(57)48-45-42-39-36-33-30-23-20-17-14-11-8-5-2/h9,12,15,18,21,24,28-29,53H,4-8,10-11,13-14,16-17,19-20,22-23,25-27,30-52H2,1-3H3/b12-9+,18-15+,24-21+,29-28+. The van der Waals surface area contributed by atoms with Gasteiger partial charge in [-0.2, -0.15) is 0 Å². The Morgan fingerprint density at radius 3 is 1.02 bits per heavy atom. The summed E-state index contributed by atoms with van der Waals surface area (Å²) < 4.78 is 16.8. The average Bonchev–Trinajstić information content (AvgIpc) is 3.27. The van der Waals surface area contributed by atoms with Gasteiger partial charge in [-0.25, -0.2) is 0 Å². The Bertz CT molecular complexity index is 1090. The van der Waals surface area contributed by atoms with Gasteiger partial charge in [0.05, 0.1) is 0 Å². The fourth-order valence-electron chi connectivity index (χ4n) is 7.61. The Morgan fingerprint density at radius 1 is 0.339 bits per heavy atom. The summed E-state index contributed by atoms with van der Waals surface area (Å²) in [6.45, 7) is 6.50. The van der Waals surface area contributed by atoms with Crippen LogP contribution >= 0.6 is 0 Å². The van der Waals surface area contributed by atoms with Crippen LogP contribution in [0.4, 0.5) is 0 Å². The molecule has 6 heteroatoms. The van der Waals surface area contributed by atoms with Crippen molar-refractivity contribution in [2.75, 3.05) is 13.2 Å². The molecule has 0 bridgehead atoms. The predicted octanol–water partition coefficient (Wildman–Crippen LogP) is 17.5. The summed E-state index contributed by atoms with van der Waals surface area (Å²) in [5.41, 5.74) is 0. The van der Waals surface area contributed by atoms with Crippen LogP contribution < -0.4 is 0 Å². The van der Waals surface area contributed by atoms with Gasteiger partial charge in [0.15, 0.2) is 6.10 Å². The van der Waals surface area contributed by atoms with E-state index in [1.807, 2.05) is 0 Å². The molecule has 0 radical (unpaired) electrons. The molecular formula is C56H100O6. The van der Waals surface area contributed by atoms with Crippen molar-refractivity contribution in [1.82, 2.24) is 0 Å². The second-order valence-corrected chi connectivity index (χ2v) is 17.8. The molecule has 0 rings (SSSR count). The number of esters is 3. The van der Waals surface area contributed by atoms with E-state index in [2.05, 4.69) is 69.4 Å². The van der Waals surface area contributed by atoms with Gasteiger partial charge < -0.3 is 14.2 Å². The summed E-state index contributed by atoms with van der Waals surface area (Å²) in [6, 6.07) is 0. The molecule has 0 aromatic carbocycles. The van der Waals surface area contributed by atoms with Crippen molar-refractivity contribution in [3.63, 3.8) is 0 Å². The molecule has 0 amide bonds. The molecule has 0 saturated heterocycles. The van der Waals surface area contributed by atoms with Gasteiger partial charge in [0.1, 0.15) is 13.2 Å². The Morgan fingerprint density at radius 2 is 0.645 bits per heavy atom. The van der Waals surface area contributed by atoms with Crippen molar-refractivity contribution in [1.29, 1.82) is 0 Å². The van der Waals surface area contributed by atoms with Crippen LogP contribution in [-0.2, 0) is 28.6 Å². The molecular weight excluding hydrogens is 769 g/mol. The van der Waals surface area contributed by atoms with Gasteiger partial charge in [0.2, 0.25) is 0 Å². The zero-order chi connectivity index (χ0) is 45.1. The van der Waals surface area contributed by atoms with Crippen molar-refractivity contribution in [2.24, 2.45) is 0 Å². The zero-order valence-electron chi connectivity index (χ0n) is 41.1.